The van der Waals surface area contributed by atoms with Crippen LogP contribution in [-0.2, 0) is 11.2 Å². The third kappa shape index (κ3) is 2.94. The number of hydrogen-bond acceptors (Lipinski definition) is 1. The maximum Gasteiger partial charge on any atom is 0.0598 e. The minimum absolute atomic E-state index is 0.369. The second kappa shape index (κ2) is 5.15. The van der Waals surface area contributed by atoms with Gasteiger partial charge >= 0.3 is 0 Å². The number of halogens is 2. The summed E-state index contributed by atoms with van der Waals surface area (Å²) in [4.78, 5) is 0.506. The topological polar surface area (TPSA) is 9.23 Å². The van der Waals surface area contributed by atoms with Crippen molar-refractivity contribution in [3.63, 3.8) is 0 Å². The van der Waals surface area contributed by atoms with Gasteiger partial charge in [-0.1, -0.05) is 28.1 Å². The van der Waals surface area contributed by atoms with Crippen molar-refractivity contribution >= 4 is 38.5 Å². The number of benzene rings is 1. The van der Waals surface area contributed by atoms with Crippen LogP contribution in [0, 0.1) is 9.49 Å². The predicted molar refractivity (Wildman–Crippen MR) is 74.5 cm³/mol. The molecule has 1 nitrogen and oxygen atoms in total. The molecule has 0 aromatic heterocycles. The molecule has 0 aliphatic carbocycles. The van der Waals surface area contributed by atoms with Crippen LogP contribution in [0.1, 0.15) is 12.5 Å². The highest BCUT2D eigenvalue weighted by Gasteiger charge is 2.32. The lowest BCUT2D eigenvalue weighted by Crippen LogP contribution is -2.20. The fraction of sp³-hybridized carbons (Fsp3) is 0.500. The molecule has 0 spiro atoms. The summed E-state index contributed by atoms with van der Waals surface area (Å²) in [6, 6.07) is 8.76. The van der Waals surface area contributed by atoms with Crippen molar-refractivity contribution in [1.82, 2.24) is 0 Å². The highest BCUT2D eigenvalue weighted by atomic mass is 127. The van der Waals surface area contributed by atoms with Gasteiger partial charge in [0.05, 0.1) is 12.7 Å². The highest BCUT2D eigenvalue weighted by molar-refractivity contribution is 14.1. The Morgan fingerprint density at radius 1 is 1.40 bits per heavy atom. The first-order valence-electron chi connectivity index (χ1n) is 5.17. The van der Waals surface area contributed by atoms with Crippen LogP contribution >= 0.6 is 38.5 Å². The first kappa shape index (κ1) is 11.9. The first-order valence-corrected chi connectivity index (χ1v) is 7.16. The standard InChI is InChI=1S/C12H14BrIO/c1-8-11(12(13)7-15-8)6-9-2-4-10(14)5-3-9/h2-5,8,11-12H,6-7H2,1H3. The summed E-state index contributed by atoms with van der Waals surface area (Å²) in [5, 5.41) is 0. The van der Waals surface area contributed by atoms with Crippen molar-refractivity contribution < 1.29 is 4.74 Å². The first-order chi connectivity index (χ1) is 7.16. The van der Waals surface area contributed by atoms with E-state index in [2.05, 4.69) is 69.7 Å². The molecule has 0 bridgehead atoms. The fourth-order valence-corrected chi connectivity index (χ4v) is 3.10. The Morgan fingerprint density at radius 3 is 2.60 bits per heavy atom. The van der Waals surface area contributed by atoms with Crippen LogP contribution in [0.4, 0.5) is 0 Å². The molecule has 0 amide bonds. The van der Waals surface area contributed by atoms with Crippen molar-refractivity contribution in [2.24, 2.45) is 5.92 Å². The van der Waals surface area contributed by atoms with E-state index < -0.39 is 0 Å². The Morgan fingerprint density at radius 2 is 2.07 bits per heavy atom. The van der Waals surface area contributed by atoms with Gasteiger partial charge in [-0.3, -0.25) is 0 Å². The van der Waals surface area contributed by atoms with Gasteiger partial charge in [0, 0.05) is 14.3 Å². The minimum atomic E-state index is 0.369. The molecule has 1 aromatic carbocycles. The van der Waals surface area contributed by atoms with Crippen LogP contribution in [0.3, 0.4) is 0 Å². The van der Waals surface area contributed by atoms with Gasteiger partial charge in [-0.25, -0.2) is 0 Å². The lowest BCUT2D eigenvalue weighted by molar-refractivity contribution is 0.106. The van der Waals surface area contributed by atoms with Crippen LogP contribution in [0.5, 0.6) is 0 Å². The lowest BCUT2D eigenvalue weighted by atomic mass is 9.94. The van der Waals surface area contributed by atoms with Gasteiger partial charge in [0.25, 0.3) is 0 Å². The number of ether oxygens (including phenoxy) is 1. The quantitative estimate of drug-likeness (QED) is 0.562. The molecule has 1 saturated heterocycles. The summed E-state index contributed by atoms with van der Waals surface area (Å²) in [7, 11) is 0. The molecule has 1 heterocycles. The number of rotatable bonds is 2. The van der Waals surface area contributed by atoms with Crippen LogP contribution < -0.4 is 0 Å². The maximum absolute atomic E-state index is 5.63. The summed E-state index contributed by atoms with van der Waals surface area (Å²) in [5.41, 5.74) is 1.40. The average molecular weight is 381 g/mol. The third-order valence-electron chi connectivity index (χ3n) is 2.97. The minimum Gasteiger partial charge on any atom is -0.377 e. The van der Waals surface area contributed by atoms with Gasteiger partial charge in [0.2, 0.25) is 0 Å². The molecule has 0 saturated carbocycles. The van der Waals surface area contributed by atoms with E-state index in [4.69, 9.17) is 4.74 Å². The molecule has 3 heteroatoms. The fourth-order valence-electron chi connectivity index (χ4n) is 1.97. The van der Waals surface area contributed by atoms with E-state index in [0.717, 1.165) is 13.0 Å². The zero-order valence-electron chi connectivity index (χ0n) is 8.62. The van der Waals surface area contributed by atoms with Gasteiger partial charge < -0.3 is 4.74 Å². The summed E-state index contributed by atoms with van der Waals surface area (Å²) >= 11 is 6.03. The molecule has 1 aliphatic rings. The van der Waals surface area contributed by atoms with E-state index in [1.54, 1.807) is 0 Å². The van der Waals surface area contributed by atoms with E-state index in [1.165, 1.54) is 9.13 Å². The molecule has 1 fully saturated rings. The molecule has 1 aliphatic heterocycles. The van der Waals surface area contributed by atoms with Gasteiger partial charge in [-0.15, -0.1) is 0 Å². The summed E-state index contributed by atoms with van der Waals surface area (Å²) in [6.45, 7) is 3.01. The molecule has 1 aromatic rings. The second-order valence-corrected chi connectivity index (χ2v) is 6.47. The Hall–Kier alpha value is 0.390. The van der Waals surface area contributed by atoms with E-state index in [-0.39, 0.29) is 0 Å². The zero-order chi connectivity index (χ0) is 10.8. The zero-order valence-corrected chi connectivity index (χ0v) is 12.4. The van der Waals surface area contributed by atoms with Gasteiger partial charge in [0.1, 0.15) is 0 Å². The Balaban J connectivity index is 2.04. The normalized spacial score (nSPS) is 30.7. The SMILES string of the molecule is CC1OCC(Br)C1Cc1ccc(I)cc1. The average Bonchev–Trinajstić information content (AvgIpc) is 2.53. The molecule has 3 atom stereocenters. The Labute approximate surface area is 113 Å². The predicted octanol–water partition coefficient (Wildman–Crippen LogP) is 3.63. The van der Waals surface area contributed by atoms with Gasteiger partial charge in [-0.05, 0) is 53.6 Å². The molecule has 15 heavy (non-hydrogen) atoms. The lowest BCUT2D eigenvalue weighted by Gasteiger charge is -2.16. The summed E-state index contributed by atoms with van der Waals surface area (Å²) < 4.78 is 6.92. The second-order valence-electron chi connectivity index (χ2n) is 4.05. The van der Waals surface area contributed by atoms with E-state index in [1.807, 2.05) is 0 Å². The molecular formula is C12H14BrIO. The van der Waals surface area contributed by atoms with Crippen molar-refractivity contribution in [3.8, 4) is 0 Å². The Kier molecular flexibility index (Phi) is 4.07. The van der Waals surface area contributed by atoms with Crippen LogP contribution in [0.2, 0.25) is 0 Å². The van der Waals surface area contributed by atoms with Crippen LogP contribution in [0.15, 0.2) is 24.3 Å². The van der Waals surface area contributed by atoms with Crippen molar-refractivity contribution in [2.45, 2.75) is 24.3 Å². The third-order valence-corrected chi connectivity index (χ3v) is 4.63. The van der Waals surface area contributed by atoms with E-state index in [9.17, 15) is 0 Å². The largest absolute Gasteiger partial charge is 0.377 e. The maximum atomic E-state index is 5.63. The van der Waals surface area contributed by atoms with Gasteiger partial charge in [0.15, 0.2) is 0 Å². The molecular weight excluding hydrogens is 367 g/mol. The highest BCUT2D eigenvalue weighted by Crippen LogP contribution is 2.30. The molecule has 3 unspecified atom stereocenters. The summed E-state index contributed by atoms with van der Waals surface area (Å²) in [5.74, 6) is 0.602. The molecule has 0 radical (unpaired) electrons. The molecule has 0 N–H and O–H groups in total. The number of hydrogen-bond donors (Lipinski definition) is 0. The Bertz CT molecular complexity index is 315. The van der Waals surface area contributed by atoms with Crippen molar-refractivity contribution in [1.29, 1.82) is 0 Å². The van der Waals surface area contributed by atoms with Crippen LogP contribution in [-0.4, -0.2) is 17.5 Å². The summed E-state index contributed by atoms with van der Waals surface area (Å²) in [6.07, 6.45) is 1.47. The van der Waals surface area contributed by atoms with Gasteiger partial charge in [-0.2, -0.15) is 0 Å². The van der Waals surface area contributed by atoms with E-state index in [0.29, 0.717) is 16.8 Å². The van der Waals surface area contributed by atoms with Crippen LogP contribution in [0.25, 0.3) is 0 Å². The van der Waals surface area contributed by atoms with E-state index >= 15 is 0 Å². The molecule has 82 valence electrons. The van der Waals surface area contributed by atoms with Crippen molar-refractivity contribution in [2.75, 3.05) is 6.61 Å². The number of alkyl halides is 1. The van der Waals surface area contributed by atoms with Crippen molar-refractivity contribution in [3.05, 3.63) is 33.4 Å². The smallest absolute Gasteiger partial charge is 0.0598 e. The molecule has 2 rings (SSSR count). The monoisotopic (exact) mass is 380 g/mol.